The van der Waals surface area contributed by atoms with E-state index in [-0.39, 0.29) is 10.8 Å². The smallest absolute Gasteiger partial charge is 0.122 e. The van der Waals surface area contributed by atoms with E-state index in [0.717, 1.165) is 18.0 Å². The van der Waals surface area contributed by atoms with Crippen LogP contribution in [0.4, 0.5) is 0 Å². The van der Waals surface area contributed by atoms with Gasteiger partial charge in [0.1, 0.15) is 4.87 Å². The summed E-state index contributed by atoms with van der Waals surface area (Å²) in [4.78, 5) is -0.0706. The molecular formula is C8H11N3S. The van der Waals surface area contributed by atoms with E-state index in [9.17, 15) is 0 Å². The minimum atomic E-state index is -0.0706. The van der Waals surface area contributed by atoms with Crippen LogP contribution in [0.1, 0.15) is 20.3 Å². The molecule has 12 heavy (non-hydrogen) atoms. The average molecular weight is 181 g/mol. The number of hydrogen-bond acceptors (Lipinski definition) is 4. The third-order valence-corrected chi connectivity index (χ3v) is 3.85. The standard InChI is InChI=1S/C8H11N3S/c1-6-10-11-4-3-7(5-9)8(11,2)12-6/h7H,3-4H2,1-2H3/t7-,8+/m1/s1. The summed E-state index contributed by atoms with van der Waals surface area (Å²) in [7, 11) is 0. The third kappa shape index (κ3) is 0.862. The van der Waals surface area contributed by atoms with E-state index >= 15 is 0 Å². The van der Waals surface area contributed by atoms with Crippen LogP contribution in [0.3, 0.4) is 0 Å². The summed E-state index contributed by atoms with van der Waals surface area (Å²) in [6, 6.07) is 2.36. The second-order valence-corrected chi connectivity index (χ2v) is 4.99. The number of nitriles is 1. The van der Waals surface area contributed by atoms with Crippen LogP contribution in [0.2, 0.25) is 0 Å². The Morgan fingerprint density at radius 1 is 1.83 bits per heavy atom. The molecule has 0 spiro atoms. The Labute approximate surface area is 76.4 Å². The zero-order valence-electron chi connectivity index (χ0n) is 7.24. The highest BCUT2D eigenvalue weighted by Crippen LogP contribution is 2.47. The fourth-order valence-electron chi connectivity index (χ4n) is 1.87. The van der Waals surface area contributed by atoms with Gasteiger partial charge in [-0.05, 0) is 20.3 Å². The monoisotopic (exact) mass is 181 g/mol. The maximum atomic E-state index is 8.92. The molecule has 0 bridgehead atoms. The number of rotatable bonds is 0. The van der Waals surface area contributed by atoms with Crippen LogP contribution in [0.25, 0.3) is 0 Å². The third-order valence-electron chi connectivity index (χ3n) is 2.56. The van der Waals surface area contributed by atoms with Crippen molar-refractivity contribution in [3.8, 4) is 6.07 Å². The molecule has 2 atom stereocenters. The van der Waals surface area contributed by atoms with Crippen LogP contribution in [0.15, 0.2) is 5.10 Å². The van der Waals surface area contributed by atoms with Gasteiger partial charge in [-0.3, -0.25) is 5.01 Å². The Hall–Kier alpha value is -0.690. The van der Waals surface area contributed by atoms with Crippen molar-refractivity contribution < 1.29 is 0 Å². The topological polar surface area (TPSA) is 39.4 Å². The number of hydrogen-bond donors (Lipinski definition) is 0. The van der Waals surface area contributed by atoms with E-state index in [1.54, 1.807) is 11.8 Å². The van der Waals surface area contributed by atoms with Gasteiger partial charge in [0, 0.05) is 6.54 Å². The maximum absolute atomic E-state index is 8.92. The summed E-state index contributed by atoms with van der Waals surface area (Å²) in [5, 5.41) is 16.4. The highest BCUT2D eigenvalue weighted by atomic mass is 32.2. The zero-order valence-corrected chi connectivity index (χ0v) is 8.06. The normalized spacial score (nSPS) is 39.2. The molecule has 1 saturated heterocycles. The molecule has 0 aliphatic carbocycles. The lowest BCUT2D eigenvalue weighted by Crippen LogP contribution is -2.35. The van der Waals surface area contributed by atoms with Crippen LogP contribution in [0, 0.1) is 17.2 Å². The van der Waals surface area contributed by atoms with Gasteiger partial charge in [0.25, 0.3) is 0 Å². The lowest BCUT2D eigenvalue weighted by molar-refractivity contribution is 0.246. The van der Waals surface area contributed by atoms with Gasteiger partial charge < -0.3 is 0 Å². The first-order chi connectivity index (χ1) is 5.66. The lowest BCUT2D eigenvalue weighted by Gasteiger charge is -2.27. The molecular weight excluding hydrogens is 170 g/mol. The highest BCUT2D eigenvalue weighted by molar-refractivity contribution is 8.15. The van der Waals surface area contributed by atoms with Crippen LogP contribution in [-0.2, 0) is 0 Å². The van der Waals surface area contributed by atoms with E-state index in [2.05, 4.69) is 23.1 Å². The van der Waals surface area contributed by atoms with Crippen molar-refractivity contribution in [2.75, 3.05) is 6.54 Å². The average Bonchev–Trinajstić information content (AvgIpc) is 2.41. The Morgan fingerprint density at radius 3 is 3.25 bits per heavy atom. The number of fused-ring (bicyclic) bond motifs is 1. The molecule has 0 amide bonds. The number of nitrogens with zero attached hydrogens (tertiary/aromatic N) is 3. The van der Waals surface area contributed by atoms with Crippen LogP contribution in [0.5, 0.6) is 0 Å². The minimum Gasteiger partial charge on any atom is -0.279 e. The highest BCUT2D eigenvalue weighted by Gasteiger charge is 2.49. The maximum Gasteiger partial charge on any atom is 0.122 e. The van der Waals surface area contributed by atoms with Gasteiger partial charge >= 0.3 is 0 Å². The molecule has 2 heterocycles. The minimum absolute atomic E-state index is 0.0706. The molecule has 0 N–H and O–H groups in total. The molecule has 64 valence electrons. The first-order valence-corrected chi connectivity index (χ1v) is 4.90. The molecule has 3 nitrogen and oxygen atoms in total. The molecule has 0 aromatic rings. The van der Waals surface area contributed by atoms with E-state index < -0.39 is 0 Å². The number of hydrazone groups is 1. The van der Waals surface area contributed by atoms with Crippen molar-refractivity contribution in [2.45, 2.75) is 25.1 Å². The van der Waals surface area contributed by atoms with Crippen molar-refractivity contribution in [2.24, 2.45) is 11.0 Å². The molecule has 0 saturated carbocycles. The molecule has 0 aromatic carbocycles. The fraction of sp³-hybridized carbons (Fsp3) is 0.750. The first kappa shape index (κ1) is 7.93. The second kappa shape index (κ2) is 2.40. The predicted molar refractivity (Wildman–Crippen MR) is 49.5 cm³/mol. The molecule has 0 aromatic heterocycles. The van der Waals surface area contributed by atoms with E-state index in [1.165, 1.54) is 0 Å². The number of thioether (sulfide) groups is 1. The van der Waals surface area contributed by atoms with Gasteiger partial charge in [0.15, 0.2) is 0 Å². The van der Waals surface area contributed by atoms with Gasteiger partial charge in [-0.25, -0.2) is 0 Å². The summed E-state index contributed by atoms with van der Waals surface area (Å²) >= 11 is 1.72. The quantitative estimate of drug-likeness (QED) is 0.570. The van der Waals surface area contributed by atoms with Crippen molar-refractivity contribution in [1.82, 2.24) is 5.01 Å². The molecule has 0 unspecified atom stereocenters. The van der Waals surface area contributed by atoms with Crippen molar-refractivity contribution in [3.05, 3.63) is 0 Å². The molecule has 2 rings (SSSR count). The summed E-state index contributed by atoms with van der Waals surface area (Å²) in [6.07, 6.45) is 0.955. The van der Waals surface area contributed by atoms with Gasteiger partial charge in [0.2, 0.25) is 0 Å². The lowest BCUT2D eigenvalue weighted by atomic mass is 10.0. The molecule has 4 heteroatoms. The van der Waals surface area contributed by atoms with Crippen LogP contribution < -0.4 is 0 Å². The van der Waals surface area contributed by atoms with Crippen molar-refractivity contribution >= 4 is 16.8 Å². The van der Waals surface area contributed by atoms with Gasteiger partial charge in [-0.2, -0.15) is 10.4 Å². The van der Waals surface area contributed by atoms with Crippen LogP contribution >= 0.6 is 11.8 Å². The zero-order chi connectivity index (χ0) is 8.77. The van der Waals surface area contributed by atoms with E-state index in [1.807, 2.05) is 6.92 Å². The van der Waals surface area contributed by atoms with E-state index in [0.29, 0.717) is 0 Å². The fourth-order valence-corrected chi connectivity index (χ4v) is 3.16. The second-order valence-electron chi connectivity index (χ2n) is 3.37. The summed E-state index contributed by atoms with van der Waals surface area (Å²) in [6.45, 7) is 5.04. The van der Waals surface area contributed by atoms with Crippen molar-refractivity contribution in [3.63, 3.8) is 0 Å². The van der Waals surface area contributed by atoms with Gasteiger partial charge in [-0.1, -0.05) is 11.8 Å². The van der Waals surface area contributed by atoms with Crippen molar-refractivity contribution in [1.29, 1.82) is 5.26 Å². The predicted octanol–water partition coefficient (Wildman–Crippen LogP) is 1.63. The van der Waals surface area contributed by atoms with Crippen LogP contribution in [-0.4, -0.2) is 21.5 Å². The summed E-state index contributed by atoms with van der Waals surface area (Å²) in [5.74, 6) is 0.128. The summed E-state index contributed by atoms with van der Waals surface area (Å²) < 4.78 is 0. The summed E-state index contributed by atoms with van der Waals surface area (Å²) in [5.41, 5.74) is 0. The van der Waals surface area contributed by atoms with Gasteiger partial charge in [0.05, 0.1) is 17.0 Å². The Bertz CT molecular complexity index is 281. The van der Waals surface area contributed by atoms with Gasteiger partial charge in [-0.15, -0.1) is 0 Å². The molecule has 2 aliphatic heterocycles. The largest absolute Gasteiger partial charge is 0.279 e. The molecule has 2 aliphatic rings. The SMILES string of the molecule is CC1=NN2CC[C@H](C#N)[C@]2(C)S1. The molecule has 0 radical (unpaired) electrons. The Balaban J connectivity index is 2.29. The first-order valence-electron chi connectivity index (χ1n) is 4.08. The Morgan fingerprint density at radius 2 is 2.58 bits per heavy atom. The Kier molecular flexibility index (Phi) is 1.58. The van der Waals surface area contributed by atoms with E-state index in [4.69, 9.17) is 5.26 Å². The molecule has 1 fully saturated rings.